The Morgan fingerprint density at radius 3 is 2.27 bits per heavy atom. The Balaban J connectivity index is 1.39. The predicted molar refractivity (Wildman–Crippen MR) is 196 cm³/mol. The lowest BCUT2D eigenvalue weighted by Gasteiger charge is -2.29. The highest BCUT2D eigenvalue weighted by molar-refractivity contribution is 6.20. The molecule has 1 heterocycles. The summed E-state index contributed by atoms with van der Waals surface area (Å²) in [4.78, 5) is 48.5. The number of anilines is 1. The van der Waals surface area contributed by atoms with E-state index in [9.17, 15) is 14.4 Å². The lowest BCUT2D eigenvalue weighted by molar-refractivity contribution is -0.136. The second kappa shape index (κ2) is 15.5. The minimum atomic E-state index is -1.20. The maximum Gasteiger partial charge on any atom is 0.272 e. The highest BCUT2D eigenvalue weighted by atomic mass is 16.2. The molecule has 0 saturated heterocycles. The minimum Gasteiger partial charge on any atom is -0.369 e. The van der Waals surface area contributed by atoms with E-state index < -0.39 is 23.9 Å². The Hall–Kier alpha value is -5.04. The van der Waals surface area contributed by atoms with Crippen LogP contribution in [0.5, 0.6) is 0 Å². The van der Waals surface area contributed by atoms with Crippen LogP contribution >= 0.6 is 0 Å². The average molecular weight is 655 g/mol. The van der Waals surface area contributed by atoms with Crippen LogP contribution in [0.3, 0.4) is 0 Å². The first-order valence-electron chi connectivity index (χ1n) is 17.6. The van der Waals surface area contributed by atoms with Crippen molar-refractivity contribution < 1.29 is 14.4 Å². The molecule has 4 aromatic carbocycles. The van der Waals surface area contributed by atoms with Gasteiger partial charge in [0.2, 0.25) is 18.0 Å². The summed E-state index contributed by atoms with van der Waals surface area (Å²) in [7, 11) is 0. The lowest BCUT2D eigenvalue weighted by atomic mass is 9.80. The number of nitrogens with zero attached hydrogens (tertiary/aromatic N) is 2. The number of aryl methyl sites for hydroxylation is 1. The first kappa shape index (κ1) is 33.8. The maximum atomic E-state index is 14.7. The van der Waals surface area contributed by atoms with Crippen molar-refractivity contribution >= 4 is 29.1 Å². The van der Waals surface area contributed by atoms with Gasteiger partial charge in [-0.3, -0.25) is 14.4 Å². The zero-order chi connectivity index (χ0) is 34.3. The van der Waals surface area contributed by atoms with Gasteiger partial charge in [0.15, 0.2) is 0 Å². The van der Waals surface area contributed by atoms with Crippen molar-refractivity contribution in [1.82, 2.24) is 5.32 Å². The number of carbonyl (C=O) groups is 3. The van der Waals surface area contributed by atoms with Crippen molar-refractivity contribution in [2.75, 3.05) is 4.90 Å². The highest BCUT2D eigenvalue weighted by Crippen LogP contribution is 2.35. The van der Waals surface area contributed by atoms with Gasteiger partial charge in [0, 0.05) is 23.0 Å². The standard InChI is InChI=1S/C42H46N4O3/c1-3-12-34(39(43)47)36(26-29-13-7-8-14-29)41(48)45-40-42(49)46(27-30-15-11-18-33(25-30)31-23-21-28(2)22-24-31)37-20-10-9-19-35(37)38(44-40)32-16-5-4-6-17-32/h4-6,9-11,15-25,29,34,36,40H,3,7-8,12-14,26-27H2,1-2H3,(H2,43,47)(H,45,48)/t34-,36+,40?/m0/s1. The Bertz CT molecular complexity index is 1810. The van der Waals surface area contributed by atoms with Crippen LogP contribution in [-0.2, 0) is 20.9 Å². The SMILES string of the molecule is CCC[C@H](C(N)=O)[C@@H](CC1CCCC1)C(=O)NC1N=C(c2ccccc2)c2ccccc2N(Cc2cccc(-c3ccc(C)cc3)c2)C1=O. The zero-order valence-electron chi connectivity index (χ0n) is 28.5. The number of hydrogen-bond donors (Lipinski definition) is 2. The van der Waals surface area contributed by atoms with E-state index in [4.69, 9.17) is 10.7 Å². The number of aliphatic imine (C=N–C) groups is 1. The first-order chi connectivity index (χ1) is 23.8. The normalized spacial score (nSPS) is 17.5. The largest absolute Gasteiger partial charge is 0.369 e. The van der Waals surface area contributed by atoms with Crippen LogP contribution in [0.2, 0.25) is 0 Å². The number of nitrogens with one attached hydrogen (secondary N) is 1. The van der Waals surface area contributed by atoms with Gasteiger partial charge in [-0.15, -0.1) is 0 Å². The number of fused-ring (bicyclic) bond motifs is 1. The fourth-order valence-corrected chi connectivity index (χ4v) is 7.44. The van der Waals surface area contributed by atoms with Crippen molar-refractivity contribution in [3.63, 3.8) is 0 Å². The van der Waals surface area contributed by atoms with Crippen LogP contribution in [0.1, 0.15) is 74.1 Å². The van der Waals surface area contributed by atoms with Gasteiger partial charge < -0.3 is 16.0 Å². The van der Waals surface area contributed by atoms with Crippen LogP contribution in [0.25, 0.3) is 11.1 Å². The number of para-hydroxylation sites is 1. The molecule has 4 aromatic rings. The van der Waals surface area contributed by atoms with Crippen molar-refractivity contribution in [1.29, 1.82) is 0 Å². The van der Waals surface area contributed by atoms with Gasteiger partial charge in [-0.1, -0.05) is 136 Å². The molecule has 1 fully saturated rings. The van der Waals surface area contributed by atoms with E-state index in [1.807, 2.05) is 73.7 Å². The molecule has 1 saturated carbocycles. The second-order valence-corrected chi connectivity index (χ2v) is 13.6. The number of carbonyl (C=O) groups excluding carboxylic acids is 3. The van der Waals surface area contributed by atoms with Crippen LogP contribution in [0, 0.1) is 24.7 Å². The van der Waals surface area contributed by atoms with E-state index in [2.05, 4.69) is 48.6 Å². The molecule has 1 aliphatic heterocycles. The number of benzodiazepines with no additional fused rings is 1. The van der Waals surface area contributed by atoms with Crippen LogP contribution < -0.4 is 16.0 Å². The summed E-state index contributed by atoms with van der Waals surface area (Å²) in [6.07, 6.45) is 4.94. The summed E-state index contributed by atoms with van der Waals surface area (Å²) in [6, 6.07) is 34.1. The maximum absolute atomic E-state index is 14.7. The number of rotatable bonds is 12. The summed E-state index contributed by atoms with van der Waals surface area (Å²) >= 11 is 0. The van der Waals surface area contributed by atoms with Crippen molar-refractivity contribution in [3.8, 4) is 11.1 Å². The quantitative estimate of drug-likeness (QED) is 0.165. The van der Waals surface area contributed by atoms with Gasteiger partial charge >= 0.3 is 0 Å². The third-order valence-corrected chi connectivity index (χ3v) is 10.0. The predicted octanol–water partition coefficient (Wildman–Crippen LogP) is 7.59. The zero-order valence-corrected chi connectivity index (χ0v) is 28.5. The molecular formula is C42H46N4O3. The Labute approximate surface area is 289 Å². The third-order valence-electron chi connectivity index (χ3n) is 10.0. The Kier molecular flexibility index (Phi) is 10.7. The minimum absolute atomic E-state index is 0.282. The second-order valence-electron chi connectivity index (χ2n) is 13.6. The fourth-order valence-electron chi connectivity index (χ4n) is 7.44. The molecule has 1 aliphatic carbocycles. The molecule has 3 N–H and O–H groups in total. The van der Waals surface area contributed by atoms with Crippen LogP contribution in [0.15, 0.2) is 108 Å². The molecule has 6 rings (SSSR count). The van der Waals surface area contributed by atoms with E-state index in [1.165, 1.54) is 5.56 Å². The van der Waals surface area contributed by atoms with E-state index in [0.717, 1.165) is 65.6 Å². The Morgan fingerprint density at radius 1 is 0.857 bits per heavy atom. The van der Waals surface area contributed by atoms with Gasteiger partial charge in [0.25, 0.3) is 5.91 Å². The number of hydrogen-bond acceptors (Lipinski definition) is 4. The topological polar surface area (TPSA) is 105 Å². The molecule has 1 unspecified atom stereocenters. The first-order valence-corrected chi connectivity index (χ1v) is 17.6. The summed E-state index contributed by atoms with van der Waals surface area (Å²) < 4.78 is 0. The number of amides is 3. The van der Waals surface area contributed by atoms with E-state index >= 15 is 0 Å². The number of primary amides is 1. The number of benzene rings is 4. The van der Waals surface area contributed by atoms with E-state index in [-0.39, 0.29) is 18.4 Å². The van der Waals surface area contributed by atoms with Gasteiger partial charge in [-0.25, -0.2) is 4.99 Å². The molecule has 0 spiro atoms. The highest BCUT2D eigenvalue weighted by Gasteiger charge is 2.38. The molecule has 7 nitrogen and oxygen atoms in total. The fraction of sp³-hybridized carbons (Fsp3) is 0.333. The average Bonchev–Trinajstić information content (AvgIpc) is 3.61. The van der Waals surface area contributed by atoms with Crippen LogP contribution in [0.4, 0.5) is 5.69 Å². The monoisotopic (exact) mass is 654 g/mol. The summed E-state index contributed by atoms with van der Waals surface area (Å²) in [5.74, 6) is -2.03. The molecule has 0 aromatic heterocycles. The van der Waals surface area contributed by atoms with Crippen molar-refractivity contribution in [2.24, 2.45) is 28.5 Å². The van der Waals surface area contributed by atoms with Gasteiger partial charge in [-0.2, -0.15) is 0 Å². The summed E-state index contributed by atoms with van der Waals surface area (Å²) in [5.41, 5.74) is 13.2. The molecule has 252 valence electrons. The van der Waals surface area contributed by atoms with Crippen LogP contribution in [-0.4, -0.2) is 29.6 Å². The third kappa shape index (κ3) is 7.83. The molecule has 0 radical (unpaired) electrons. The molecule has 0 bridgehead atoms. The Morgan fingerprint density at radius 2 is 1.55 bits per heavy atom. The molecule has 3 amide bonds. The van der Waals surface area contributed by atoms with E-state index in [0.29, 0.717) is 24.5 Å². The molecule has 7 heteroatoms. The van der Waals surface area contributed by atoms with Crippen molar-refractivity contribution in [3.05, 3.63) is 125 Å². The smallest absolute Gasteiger partial charge is 0.272 e. The molecule has 2 aliphatic rings. The molecule has 3 atom stereocenters. The van der Waals surface area contributed by atoms with Crippen molar-refractivity contribution in [2.45, 2.75) is 71.5 Å². The summed E-state index contributed by atoms with van der Waals surface area (Å²) in [5, 5.41) is 3.04. The van der Waals surface area contributed by atoms with Gasteiger partial charge in [-0.05, 0) is 54.5 Å². The number of nitrogens with two attached hydrogens (primary N) is 1. The van der Waals surface area contributed by atoms with E-state index in [1.54, 1.807) is 4.90 Å². The van der Waals surface area contributed by atoms with Gasteiger partial charge in [0.05, 0.1) is 17.9 Å². The summed E-state index contributed by atoms with van der Waals surface area (Å²) in [6.45, 7) is 4.35. The molecular weight excluding hydrogens is 608 g/mol. The van der Waals surface area contributed by atoms with Gasteiger partial charge in [0.1, 0.15) is 0 Å². The lowest BCUT2D eigenvalue weighted by Crippen LogP contribution is -2.50. The molecule has 49 heavy (non-hydrogen) atoms.